The Morgan fingerprint density at radius 1 is 1.25 bits per heavy atom. The summed E-state index contributed by atoms with van der Waals surface area (Å²) in [6.07, 6.45) is -0.874. The number of hydrogen-bond acceptors (Lipinski definition) is 4. The predicted octanol–water partition coefficient (Wildman–Crippen LogP) is 2.75. The van der Waals surface area contributed by atoms with Gasteiger partial charge in [-0.15, -0.1) is 0 Å². The maximum atomic E-state index is 12.9. The van der Waals surface area contributed by atoms with Crippen molar-refractivity contribution in [2.45, 2.75) is 25.5 Å². The number of carbonyl (C=O) groups is 1. The van der Waals surface area contributed by atoms with Crippen LogP contribution in [0.15, 0.2) is 53.1 Å². The van der Waals surface area contributed by atoms with E-state index >= 15 is 0 Å². The summed E-state index contributed by atoms with van der Waals surface area (Å²) < 4.78 is 18.1. The zero-order valence-corrected chi connectivity index (χ0v) is 13.1. The number of aromatic nitrogens is 1. The number of aliphatic hydroxyl groups is 1. The molecule has 2 aromatic carbocycles. The third kappa shape index (κ3) is 3.44. The van der Waals surface area contributed by atoms with Gasteiger partial charge in [0.1, 0.15) is 11.5 Å². The molecule has 5 nitrogen and oxygen atoms in total. The standard InChI is InChI=1S/C18H17FN2O3/c1-11(18(23)12-6-8-13(19)9-7-12)20-17(22)10-15-14-4-2-3-5-16(14)24-21-15/h2-9,11,18,23H,10H2,1H3,(H,20,22). The molecule has 0 aliphatic rings. The smallest absolute Gasteiger partial charge is 0.226 e. The zero-order valence-electron chi connectivity index (χ0n) is 13.1. The number of nitrogens with zero attached hydrogens (tertiary/aromatic N) is 1. The number of fused-ring (bicyclic) bond motifs is 1. The Bertz CT molecular complexity index is 845. The highest BCUT2D eigenvalue weighted by molar-refractivity contribution is 5.86. The minimum absolute atomic E-state index is 0.0531. The number of carbonyl (C=O) groups excluding carboxylic acids is 1. The van der Waals surface area contributed by atoms with Crippen LogP contribution in [0.5, 0.6) is 0 Å². The summed E-state index contributed by atoms with van der Waals surface area (Å²) in [5.74, 6) is -0.650. The molecule has 3 aromatic rings. The van der Waals surface area contributed by atoms with Gasteiger partial charge < -0.3 is 14.9 Å². The predicted molar refractivity (Wildman–Crippen MR) is 86.7 cm³/mol. The van der Waals surface area contributed by atoms with Crippen LogP contribution in [0.1, 0.15) is 24.3 Å². The van der Waals surface area contributed by atoms with E-state index in [0.29, 0.717) is 16.8 Å². The molecule has 0 saturated heterocycles. The molecule has 0 radical (unpaired) electrons. The SMILES string of the molecule is CC(NC(=O)Cc1noc2ccccc12)C(O)c1ccc(F)cc1. The van der Waals surface area contributed by atoms with E-state index in [2.05, 4.69) is 10.5 Å². The molecule has 2 atom stereocenters. The van der Waals surface area contributed by atoms with Crippen molar-refractivity contribution >= 4 is 16.9 Å². The third-order valence-electron chi connectivity index (χ3n) is 3.85. The molecule has 1 aromatic heterocycles. The van der Waals surface area contributed by atoms with Crippen LogP contribution in [-0.2, 0) is 11.2 Å². The number of rotatable bonds is 5. The fraction of sp³-hybridized carbons (Fsp3) is 0.222. The second-order valence-corrected chi connectivity index (χ2v) is 5.65. The van der Waals surface area contributed by atoms with E-state index < -0.39 is 12.1 Å². The fourth-order valence-electron chi connectivity index (χ4n) is 2.55. The number of nitrogens with one attached hydrogen (secondary N) is 1. The first kappa shape index (κ1) is 16.1. The number of benzene rings is 2. The van der Waals surface area contributed by atoms with E-state index in [1.54, 1.807) is 13.0 Å². The molecule has 3 rings (SSSR count). The Morgan fingerprint density at radius 3 is 2.71 bits per heavy atom. The van der Waals surface area contributed by atoms with Gasteiger partial charge in [-0.3, -0.25) is 4.79 Å². The molecule has 0 aliphatic carbocycles. The molecule has 0 bridgehead atoms. The van der Waals surface area contributed by atoms with Crippen LogP contribution in [0.25, 0.3) is 11.0 Å². The average Bonchev–Trinajstić information content (AvgIpc) is 2.98. The van der Waals surface area contributed by atoms with Gasteiger partial charge in [0.05, 0.1) is 18.6 Å². The lowest BCUT2D eigenvalue weighted by Crippen LogP contribution is -2.38. The molecule has 0 saturated carbocycles. The van der Waals surface area contributed by atoms with Gasteiger partial charge in [0.25, 0.3) is 0 Å². The highest BCUT2D eigenvalue weighted by atomic mass is 19.1. The van der Waals surface area contributed by atoms with Gasteiger partial charge in [-0.2, -0.15) is 0 Å². The van der Waals surface area contributed by atoms with Crippen molar-refractivity contribution in [3.8, 4) is 0 Å². The van der Waals surface area contributed by atoms with Crippen molar-refractivity contribution in [3.63, 3.8) is 0 Å². The van der Waals surface area contributed by atoms with E-state index in [1.807, 2.05) is 18.2 Å². The monoisotopic (exact) mass is 328 g/mol. The van der Waals surface area contributed by atoms with Gasteiger partial charge >= 0.3 is 0 Å². The van der Waals surface area contributed by atoms with Crippen LogP contribution in [0.4, 0.5) is 4.39 Å². The minimum Gasteiger partial charge on any atom is -0.386 e. The van der Waals surface area contributed by atoms with Crippen LogP contribution in [0.2, 0.25) is 0 Å². The van der Waals surface area contributed by atoms with Gasteiger partial charge in [0.15, 0.2) is 5.58 Å². The van der Waals surface area contributed by atoms with E-state index in [0.717, 1.165) is 5.39 Å². The number of aliphatic hydroxyl groups excluding tert-OH is 1. The lowest BCUT2D eigenvalue weighted by Gasteiger charge is -2.20. The number of amides is 1. The second kappa shape index (κ2) is 6.80. The van der Waals surface area contributed by atoms with Crippen molar-refractivity contribution in [1.82, 2.24) is 10.5 Å². The zero-order chi connectivity index (χ0) is 17.1. The Kier molecular flexibility index (Phi) is 4.57. The van der Waals surface area contributed by atoms with Crippen LogP contribution in [-0.4, -0.2) is 22.2 Å². The molecule has 1 heterocycles. The second-order valence-electron chi connectivity index (χ2n) is 5.65. The van der Waals surface area contributed by atoms with E-state index in [-0.39, 0.29) is 18.1 Å². The van der Waals surface area contributed by atoms with Crippen molar-refractivity contribution in [2.24, 2.45) is 0 Å². The van der Waals surface area contributed by atoms with Gasteiger partial charge in [0.2, 0.25) is 5.91 Å². The van der Waals surface area contributed by atoms with Crippen molar-refractivity contribution in [2.75, 3.05) is 0 Å². The van der Waals surface area contributed by atoms with Crippen LogP contribution >= 0.6 is 0 Å². The topological polar surface area (TPSA) is 75.4 Å². The Labute approximate surface area is 138 Å². The van der Waals surface area contributed by atoms with Gasteiger partial charge in [-0.1, -0.05) is 29.4 Å². The number of para-hydroxylation sites is 1. The summed E-state index contributed by atoms with van der Waals surface area (Å²) in [7, 11) is 0. The molecule has 1 amide bonds. The summed E-state index contributed by atoms with van der Waals surface area (Å²) in [5.41, 5.74) is 1.71. The molecule has 124 valence electrons. The molecule has 0 fully saturated rings. The number of hydrogen-bond donors (Lipinski definition) is 2. The lowest BCUT2D eigenvalue weighted by atomic mass is 10.0. The summed E-state index contributed by atoms with van der Waals surface area (Å²) in [6, 6.07) is 12.3. The fourth-order valence-corrected chi connectivity index (χ4v) is 2.55. The third-order valence-corrected chi connectivity index (χ3v) is 3.85. The molecule has 0 spiro atoms. The lowest BCUT2D eigenvalue weighted by molar-refractivity contribution is -0.121. The van der Waals surface area contributed by atoms with Crippen LogP contribution in [0, 0.1) is 5.82 Å². The first-order chi connectivity index (χ1) is 11.5. The first-order valence-electron chi connectivity index (χ1n) is 7.61. The van der Waals surface area contributed by atoms with Crippen LogP contribution in [0.3, 0.4) is 0 Å². The number of halogens is 1. The summed E-state index contributed by atoms with van der Waals surface area (Å²) in [6.45, 7) is 1.69. The highest BCUT2D eigenvalue weighted by Crippen LogP contribution is 2.19. The maximum absolute atomic E-state index is 12.9. The Hall–Kier alpha value is -2.73. The molecule has 6 heteroatoms. The van der Waals surface area contributed by atoms with Crippen LogP contribution < -0.4 is 5.32 Å². The van der Waals surface area contributed by atoms with Gasteiger partial charge in [0, 0.05) is 5.39 Å². The average molecular weight is 328 g/mol. The highest BCUT2D eigenvalue weighted by Gasteiger charge is 2.20. The van der Waals surface area contributed by atoms with Crippen molar-refractivity contribution in [3.05, 3.63) is 65.6 Å². The normalized spacial score (nSPS) is 13.6. The molecule has 2 unspecified atom stereocenters. The summed E-state index contributed by atoms with van der Waals surface area (Å²) in [5, 5.41) is 17.7. The summed E-state index contributed by atoms with van der Waals surface area (Å²) in [4.78, 5) is 12.2. The molecular weight excluding hydrogens is 311 g/mol. The first-order valence-corrected chi connectivity index (χ1v) is 7.61. The summed E-state index contributed by atoms with van der Waals surface area (Å²) >= 11 is 0. The maximum Gasteiger partial charge on any atom is 0.226 e. The molecule has 0 aliphatic heterocycles. The van der Waals surface area contributed by atoms with E-state index in [9.17, 15) is 14.3 Å². The Balaban J connectivity index is 1.64. The van der Waals surface area contributed by atoms with E-state index in [4.69, 9.17) is 4.52 Å². The van der Waals surface area contributed by atoms with Gasteiger partial charge in [-0.05, 0) is 36.8 Å². The quantitative estimate of drug-likeness (QED) is 0.755. The largest absolute Gasteiger partial charge is 0.386 e. The Morgan fingerprint density at radius 2 is 1.96 bits per heavy atom. The molecular formula is C18H17FN2O3. The van der Waals surface area contributed by atoms with Gasteiger partial charge in [-0.25, -0.2) is 4.39 Å². The van der Waals surface area contributed by atoms with Crippen molar-refractivity contribution < 1.29 is 18.8 Å². The van der Waals surface area contributed by atoms with Crippen molar-refractivity contribution in [1.29, 1.82) is 0 Å². The molecule has 24 heavy (non-hydrogen) atoms. The van der Waals surface area contributed by atoms with E-state index in [1.165, 1.54) is 24.3 Å². The minimum atomic E-state index is -0.927. The molecule has 2 N–H and O–H groups in total.